The number of fused-ring (bicyclic) bond motifs is 1. The van der Waals surface area contributed by atoms with Crippen LogP contribution in [0.15, 0.2) is 41.3 Å². The van der Waals surface area contributed by atoms with Crippen LogP contribution in [-0.2, 0) is 16.6 Å². The third-order valence-electron chi connectivity index (χ3n) is 3.50. The summed E-state index contributed by atoms with van der Waals surface area (Å²) < 4.78 is 38.5. The number of nitrogens with one attached hydrogen (secondary N) is 1. The van der Waals surface area contributed by atoms with Crippen molar-refractivity contribution in [3.63, 3.8) is 0 Å². The second-order valence-electron chi connectivity index (χ2n) is 5.22. The zero-order valence-corrected chi connectivity index (χ0v) is 14.9. The SMILES string of the molecule is O=S(=O)(NCc1ccc(Cl)cc1Cl)c1ccc2c(c1)OCCCO2. The van der Waals surface area contributed by atoms with Gasteiger partial charge in [-0.3, -0.25) is 0 Å². The summed E-state index contributed by atoms with van der Waals surface area (Å²) in [6.45, 7) is 1.10. The average molecular weight is 388 g/mol. The molecule has 0 atom stereocenters. The topological polar surface area (TPSA) is 64.6 Å². The Kier molecular flexibility index (Phi) is 5.20. The highest BCUT2D eigenvalue weighted by Gasteiger charge is 2.19. The van der Waals surface area contributed by atoms with E-state index in [1.54, 1.807) is 24.3 Å². The summed E-state index contributed by atoms with van der Waals surface area (Å²) in [7, 11) is -3.71. The Morgan fingerprint density at radius 1 is 1.00 bits per heavy atom. The molecule has 1 aliphatic rings. The van der Waals surface area contributed by atoms with Crippen molar-refractivity contribution in [2.24, 2.45) is 0 Å². The summed E-state index contributed by atoms with van der Waals surface area (Å²) in [5.74, 6) is 0.979. The summed E-state index contributed by atoms with van der Waals surface area (Å²) in [5, 5.41) is 0.901. The molecule has 0 saturated heterocycles. The Morgan fingerprint density at radius 2 is 1.75 bits per heavy atom. The molecular weight excluding hydrogens is 373 g/mol. The van der Waals surface area contributed by atoms with Crippen LogP contribution in [0.1, 0.15) is 12.0 Å². The van der Waals surface area contributed by atoms with Crippen LogP contribution < -0.4 is 14.2 Å². The van der Waals surface area contributed by atoms with E-state index in [-0.39, 0.29) is 11.4 Å². The number of hydrogen-bond donors (Lipinski definition) is 1. The predicted octanol–water partition coefficient (Wildman–Crippen LogP) is 3.63. The standard InChI is InChI=1S/C16H15Cl2NO4S/c17-12-3-2-11(14(18)8-12)10-19-24(20,21)13-4-5-15-16(9-13)23-7-1-6-22-15/h2-5,8-9,19H,1,6-7,10H2. The van der Waals surface area contributed by atoms with E-state index in [2.05, 4.69) is 4.72 Å². The van der Waals surface area contributed by atoms with Gasteiger partial charge in [-0.2, -0.15) is 0 Å². The van der Waals surface area contributed by atoms with Gasteiger partial charge in [0.2, 0.25) is 10.0 Å². The molecule has 0 fully saturated rings. The number of sulfonamides is 1. The fourth-order valence-corrected chi connectivity index (χ4v) is 3.73. The first kappa shape index (κ1) is 17.4. The molecule has 0 amide bonds. The molecular formula is C16H15Cl2NO4S. The molecule has 2 aromatic carbocycles. The molecule has 0 spiro atoms. The number of hydrogen-bond acceptors (Lipinski definition) is 4. The molecule has 0 aromatic heterocycles. The van der Waals surface area contributed by atoms with E-state index in [9.17, 15) is 8.42 Å². The van der Waals surface area contributed by atoms with Gasteiger partial charge in [-0.15, -0.1) is 0 Å². The normalized spacial score (nSPS) is 14.2. The van der Waals surface area contributed by atoms with Gasteiger partial charge < -0.3 is 9.47 Å². The summed E-state index contributed by atoms with van der Waals surface area (Å²) in [6.07, 6.45) is 0.754. The maximum Gasteiger partial charge on any atom is 0.241 e. The van der Waals surface area contributed by atoms with Crippen molar-refractivity contribution in [1.82, 2.24) is 4.72 Å². The van der Waals surface area contributed by atoms with Gasteiger partial charge in [0.05, 0.1) is 18.1 Å². The molecule has 8 heteroatoms. The molecule has 2 aromatic rings. The molecule has 0 unspecified atom stereocenters. The van der Waals surface area contributed by atoms with Crippen LogP contribution in [0.2, 0.25) is 10.0 Å². The maximum absolute atomic E-state index is 12.5. The van der Waals surface area contributed by atoms with Gasteiger partial charge in [-0.05, 0) is 29.8 Å². The van der Waals surface area contributed by atoms with E-state index in [1.165, 1.54) is 12.1 Å². The van der Waals surface area contributed by atoms with E-state index in [0.717, 1.165) is 6.42 Å². The fraction of sp³-hybridized carbons (Fsp3) is 0.250. The molecule has 1 N–H and O–H groups in total. The Labute approximate surface area is 150 Å². The van der Waals surface area contributed by atoms with Gasteiger partial charge in [-0.1, -0.05) is 29.3 Å². The third kappa shape index (κ3) is 3.95. The van der Waals surface area contributed by atoms with Gasteiger partial charge in [-0.25, -0.2) is 13.1 Å². The Hall–Kier alpha value is -1.47. The van der Waals surface area contributed by atoms with Gasteiger partial charge in [0.25, 0.3) is 0 Å². The van der Waals surface area contributed by atoms with E-state index >= 15 is 0 Å². The molecule has 3 rings (SSSR count). The number of ether oxygens (including phenoxy) is 2. The lowest BCUT2D eigenvalue weighted by Crippen LogP contribution is -2.23. The number of halogens is 2. The van der Waals surface area contributed by atoms with Crippen molar-refractivity contribution in [1.29, 1.82) is 0 Å². The quantitative estimate of drug-likeness (QED) is 0.869. The van der Waals surface area contributed by atoms with Crippen molar-refractivity contribution in [2.45, 2.75) is 17.9 Å². The Morgan fingerprint density at radius 3 is 2.50 bits per heavy atom. The van der Waals surface area contributed by atoms with Crippen LogP contribution in [0.5, 0.6) is 11.5 Å². The van der Waals surface area contributed by atoms with E-state index in [0.29, 0.717) is 40.3 Å². The molecule has 0 bridgehead atoms. The summed E-state index contributed by atoms with van der Waals surface area (Å²) >= 11 is 11.9. The second kappa shape index (κ2) is 7.19. The second-order valence-corrected chi connectivity index (χ2v) is 7.83. The Balaban J connectivity index is 1.79. The summed E-state index contributed by atoms with van der Waals surface area (Å²) in [6, 6.07) is 9.46. The van der Waals surface area contributed by atoms with Gasteiger partial charge in [0.15, 0.2) is 11.5 Å². The van der Waals surface area contributed by atoms with Crippen LogP contribution >= 0.6 is 23.2 Å². The van der Waals surface area contributed by atoms with Crippen molar-refractivity contribution in [3.8, 4) is 11.5 Å². The molecule has 1 heterocycles. The summed E-state index contributed by atoms with van der Waals surface area (Å²) in [4.78, 5) is 0.108. The fourth-order valence-electron chi connectivity index (χ4n) is 2.23. The predicted molar refractivity (Wildman–Crippen MR) is 92.5 cm³/mol. The van der Waals surface area contributed by atoms with Crippen molar-refractivity contribution >= 4 is 33.2 Å². The lowest BCUT2D eigenvalue weighted by atomic mass is 10.2. The van der Waals surface area contributed by atoms with Crippen LogP contribution in [0.3, 0.4) is 0 Å². The van der Waals surface area contributed by atoms with Gasteiger partial charge >= 0.3 is 0 Å². The lowest BCUT2D eigenvalue weighted by molar-refractivity contribution is 0.297. The van der Waals surface area contributed by atoms with E-state index in [1.807, 2.05) is 0 Å². The maximum atomic E-state index is 12.5. The highest BCUT2D eigenvalue weighted by atomic mass is 35.5. The van der Waals surface area contributed by atoms with Crippen LogP contribution in [-0.4, -0.2) is 21.6 Å². The number of rotatable bonds is 4. The molecule has 0 aliphatic carbocycles. The van der Waals surface area contributed by atoms with Crippen molar-refractivity contribution in [2.75, 3.05) is 13.2 Å². The van der Waals surface area contributed by atoms with Crippen molar-refractivity contribution < 1.29 is 17.9 Å². The van der Waals surface area contributed by atoms with Crippen LogP contribution in [0, 0.1) is 0 Å². The zero-order chi connectivity index (χ0) is 17.2. The number of benzene rings is 2. The van der Waals surface area contributed by atoms with Gasteiger partial charge in [0.1, 0.15) is 0 Å². The largest absolute Gasteiger partial charge is 0.490 e. The molecule has 24 heavy (non-hydrogen) atoms. The molecule has 5 nitrogen and oxygen atoms in total. The summed E-state index contributed by atoms with van der Waals surface area (Å²) in [5.41, 5.74) is 0.638. The monoisotopic (exact) mass is 387 g/mol. The average Bonchev–Trinajstić information content (AvgIpc) is 2.78. The van der Waals surface area contributed by atoms with Gasteiger partial charge in [0, 0.05) is 29.1 Å². The minimum absolute atomic E-state index is 0.0623. The zero-order valence-electron chi connectivity index (χ0n) is 12.6. The Bertz CT molecular complexity index is 855. The first-order valence-corrected chi connectivity index (χ1v) is 9.53. The van der Waals surface area contributed by atoms with Crippen LogP contribution in [0.4, 0.5) is 0 Å². The smallest absolute Gasteiger partial charge is 0.241 e. The first-order valence-electron chi connectivity index (χ1n) is 7.29. The lowest BCUT2D eigenvalue weighted by Gasteiger charge is -2.11. The van der Waals surface area contributed by atoms with E-state index in [4.69, 9.17) is 32.7 Å². The minimum Gasteiger partial charge on any atom is -0.490 e. The molecule has 0 radical (unpaired) electrons. The molecule has 0 saturated carbocycles. The highest BCUT2D eigenvalue weighted by Crippen LogP contribution is 2.32. The van der Waals surface area contributed by atoms with Crippen molar-refractivity contribution in [3.05, 3.63) is 52.0 Å². The molecule has 128 valence electrons. The first-order chi connectivity index (χ1) is 11.5. The van der Waals surface area contributed by atoms with Crippen LogP contribution in [0.25, 0.3) is 0 Å². The molecule has 1 aliphatic heterocycles. The minimum atomic E-state index is -3.71. The highest BCUT2D eigenvalue weighted by molar-refractivity contribution is 7.89. The van der Waals surface area contributed by atoms with E-state index < -0.39 is 10.0 Å². The third-order valence-corrected chi connectivity index (χ3v) is 5.48.